The highest BCUT2D eigenvalue weighted by molar-refractivity contribution is 7.92. The molecule has 1 heterocycles. The molecule has 1 aliphatic rings. The average molecular weight is 391 g/mol. The van der Waals surface area contributed by atoms with Gasteiger partial charge in [-0.3, -0.25) is 4.72 Å². The topological polar surface area (TPSA) is 93.2 Å². The van der Waals surface area contributed by atoms with Crippen LogP contribution in [0.3, 0.4) is 0 Å². The van der Waals surface area contributed by atoms with Gasteiger partial charge in [0.15, 0.2) is 5.82 Å². The SMILES string of the molecule is CC(C)CNc1ccc(NS(=O)(=O)c2ccc(OC3CCCC3)cc2)nn1. The maximum atomic E-state index is 12.5. The molecule has 1 aromatic heterocycles. The third-order valence-corrected chi connectivity index (χ3v) is 5.70. The Kier molecular flexibility index (Phi) is 6.15. The first-order chi connectivity index (χ1) is 12.9. The summed E-state index contributed by atoms with van der Waals surface area (Å²) in [5.41, 5.74) is 0. The number of rotatable bonds is 8. The van der Waals surface area contributed by atoms with Crippen molar-refractivity contribution in [3.8, 4) is 5.75 Å². The molecule has 0 bridgehead atoms. The first-order valence-electron chi connectivity index (χ1n) is 9.29. The Morgan fingerprint density at radius 3 is 2.26 bits per heavy atom. The standard InChI is InChI=1S/C19H26N4O3S/c1-14(2)13-20-18-11-12-19(22-21-18)23-27(24,25)17-9-7-16(8-10-17)26-15-5-3-4-6-15/h7-12,14-15H,3-6,13H2,1-2H3,(H,20,21)(H,22,23). The Morgan fingerprint density at radius 2 is 1.67 bits per heavy atom. The number of ether oxygens (including phenoxy) is 1. The van der Waals surface area contributed by atoms with Crippen LogP contribution in [-0.4, -0.2) is 31.3 Å². The zero-order valence-electron chi connectivity index (χ0n) is 15.7. The molecule has 0 amide bonds. The summed E-state index contributed by atoms with van der Waals surface area (Å²) in [6.45, 7) is 4.95. The predicted octanol–water partition coefficient (Wildman–Crippen LogP) is 3.67. The monoisotopic (exact) mass is 390 g/mol. The quantitative estimate of drug-likeness (QED) is 0.714. The molecule has 2 aromatic rings. The van der Waals surface area contributed by atoms with E-state index < -0.39 is 10.0 Å². The summed E-state index contributed by atoms with van der Waals surface area (Å²) in [6, 6.07) is 9.75. The van der Waals surface area contributed by atoms with Gasteiger partial charge in [-0.2, -0.15) is 0 Å². The van der Waals surface area contributed by atoms with Crippen molar-refractivity contribution >= 4 is 21.7 Å². The fraction of sp³-hybridized carbons (Fsp3) is 0.474. The summed E-state index contributed by atoms with van der Waals surface area (Å²) >= 11 is 0. The summed E-state index contributed by atoms with van der Waals surface area (Å²) in [5.74, 6) is 1.96. The lowest BCUT2D eigenvalue weighted by molar-refractivity contribution is 0.210. The van der Waals surface area contributed by atoms with E-state index >= 15 is 0 Å². The van der Waals surface area contributed by atoms with Crippen molar-refractivity contribution in [2.24, 2.45) is 5.92 Å². The van der Waals surface area contributed by atoms with Gasteiger partial charge in [0.25, 0.3) is 10.0 Å². The summed E-state index contributed by atoms with van der Waals surface area (Å²) in [7, 11) is -3.72. The van der Waals surface area contributed by atoms with Gasteiger partial charge >= 0.3 is 0 Å². The highest BCUT2D eigenvalue weighted by Crippen LogP contribution is 2.25. The number of anilines is 2. The van der Waals surface area contributed by atoms with Gasteiger partial charge in [0, 0.05) is 6.54 Å². The molecular formula is C19H26N4O3S. The number of aromatic nitrogens is 2. The lowest BCUT2D eigenvalue weighted by Gasteiger charge is -2.13. The zero-order chi connectivity index (χ0) is 19.3. The number of nitrogens with zero attached hydrogens (tertiary/aromatic N) is 2. The zero-order valence-corrected chi connectivity index (χ0v) is 16.5. The number of sulfonamides is 1. The first-order valence-corrected chi connectivity index (χ1v) is 10.8. The fourth-order valence-electron chi connectivity index (χ4n) is 2.88. The van der Waals surface area contributed by atoms with Crippen LogP contribution in [0.5, 0.6) is 5.75 Å². The first kappa shape index (κ1) is 19.4. The van der Waals surface area contributed by atoms with E-state index in [0.717, 1.165) is 19.4 Å². The largest absolute Gasteiger partial charge is 0.490 e. The number of nitrogens with one attached hydrogen (secondary N) is 2. The highest BCUT2D eigenvalue weighted by atomic mass is 32.2. The lowest BCUT2D eigenvalue weighted by Crippen LogP contribution is -2.15. The minimum absolute atomic E-state index is 0.157. The summed E-state index contributed by atoms with van der Waals surface area (Å²) in [5, 5.41) is 11.1. The minimum atomic E-state index is -3.72. The fourth-order valence-corrected chi connectivity index (χ4v) is 3.88. The normalized spacial score (nSPS) is 15.1. The summed E-state index contributed by atoms with van der Waals surface area (Å²) < 4.78 is 33.4. The van der Waals surface area contributed by atoms with Crippen LogP contribution in [0.4, 0.5) is 11.6 Å². The lowest BCUT2D eigenvalue weighted by atomic mass is 10.2. The minimum Gasteiger partial charge on any atom is -0.490 e. The molecular weight excluding hydrogens is 364 g/mol. The van der Waals surface area contributed by atoms with E-state index in [1.807, 2.05) is 0 Å². The Hall–Kier alpha value is -2.35. The maximum absolute atomic E-state index is 12.5. The van der Waals surface area contributed by atoms with E-state index in [2.05, 4.69) is 34.1 Å². The molecule has 7 nitrogen and oxygen atoms in total. The third kappa shape index (κ3) is 5.56. The average Bonchev–Trinajstić information content (AvgIpc) is 3.14. The Labute approximate surface area is 160 Å². The molecule has 1 aromatic carbocycles. The van der Waals surface area contributed by atoms with Crippen LogP contribution in [0.1, 0.15) is 39.5 Å². The molecule has 0 saturated heterocycles. The molecule has 1 saturated carbocycles. The van der Waals surface area contributed by atoms with Crippen molar-refractivity contribution in [1.82, 2.24) is 10.2 Å². The molecule has 3 rings (SSSR count). The molecule has 0 atom stereocenters. The highest BCUT2D eigenvalue weighted by Gasteiger charge is 2.18. The van der Waals surface area contributed by atoms with Gasteiger partial charge in [-0.15, -0.1) is 10.2 Å². The van der Waals surface area contributed by atoms with Crippen molar-refractivity contribution in [2.75, 3.05) is 16.6 Å². The Balaban J connectivity index is 1.61. The van der Waals surface area contributed by atoms with Crippen LogP contribution in [0.15, 0.2) is 41.3 Å². The van der Waals surface area contributed by atoms with E-state index in [1.54, 1.807) is 36.4 Å². The molecule has 0 radical (unpaired) electrons. The predicted molar refractivity (Wildman–Crippen MR) is 105 cm³/mol. The Bertz CT molecular complexity index is 830. The van der Waals surface area contributed by atoms with Crippen molar-refractivity contribution in [3.05, 3.63) is 36.4 Å². The molecule has 0 aliphatic heterocycles. The third-order valence-electron chi connectivity index (χ3n) is 4.33. The van der Waals surface area contributed by atoms with Gasteiger partial charge in [0.2, 0.25) is 0 Å². The second kappa shape index (κ2) is 8.56. The molecule has 0 spiro atoms. The van der Waals surface area contributed by atoms with Gasteiger partial charge in [0.1, 0.15) is 11.6 Å². The number of benzene rings is 1. The van der Waals surface area contributed by atoms with Gasteiger partial charge in [-0.1, -0.05) is 13.8 Å². The van der Waals surface area contributed by atoms with Crippen molar-refractivity contribution in [2.45, 2.75) is 50.5 Å². The smallest absolute Gasteiger partial charge is 0.263 e. The van der Waals surface area contributed by atoms with E-state index in [1.165, 1.54) is 12.8 Å². The van der Waals surface area contributed by atoms with Gasteiger partial charge < -0.3 is 10.1 Å². The molecule has 27 heavy (non-hydrogen) atoms. The van der Waals surface area contributed by atoms with Crippen LogP contribution in [0.25, 0.3) is 0 Å². The van der Waals surface area contributed by atoms with Crippen LogP contribution >= 0.6 is 0 Å². The second-order valence-corrected chi connectivity index (χ2v) is 8.86. The van der Waals surface area contributed by atoms with Gasteiger partial charge in [0.05, 0.1) is 11.0 Å². The van der Waals surface area contributed by atoms with E-state index in [-0.39, 0.29) is 16.8 Å². The number of hydrogen-bond acceptors (Lipinski definition) is 6. The van der Waals surface area contributed by atoms with Crippen molar-refractivity contribution in [3.63, 3.8) is 0 Å². The number of hydrogen-bond donors (Lipinski definition) is 2. The van der Waals surface area contributed by atoms with Crippen LogP contribution in [-0.2, 0) is 10.0 Å². The van der Waals surface area contributed by atoms with Crippen LogP contribution in [0, 0.1) is 5.92 Å². The Morgan fingerprint density at radius 1 is 1.04 bits per heavy atom. The maximum Gasteiger partial charge on any atom is 0.263 e. The van der Waals surface area contributed by atoms with E-state index in [9.17, 15) is 8.42 Å². The molecule has 146 valence electrons. The molecule has 2 N–H and O–H groups in total. The van der Waals surface area contributed by atoms with Gasteiger partial charge in [-0.25, -0.2) is 8.42 Å². The summed E-state index contributed by atoms with van der Waals surface area (Å²) in [4.78, 5) is 0.157. The summed E-state index contributed by atoms with van der Waals surface area (Å²) in [6.07, 6.45) is 4.73. The van der Waals surface area contributed by atoms with Crippen LogP contribution < -0.4 is 14.8 Å². The van der Waals surface area contributed by atoms with Crippen molar-refractivity contribution in [1.29, 1.82) is 0 Å². The second-order valence-electron chi connectivity index (χ2n) is 7.18. The van der Waals surface area contributed by atoms with E-state index in [4.69, 9.17) is 4.74 Å². The molecule has 1 fully saturated rings. The van der Waals surface area contributed by atoms with E-state index in [0.29, 0.717) is 17.5 Å². The molecule has 8 heteroatoms. The van der Waals surface area contributed by atoms with Crippen LogP contribution in [0.2, 0.25) is 0 Å². The van der Waals surface area contributed by atoms with Crippen molar-refractivity contribution < 1.29 is 13.2 Å². The molecule has 0 unspecified atom stereocenters. The van der Waals surface area contributed by atoms with Gasteiger partial charge in [-0.05, 0) is 68.0 Å². The molecule has 1 aliphatic carbocycles.